The molecular formula is O6P2S5. The summed E-state index contributed by atoms with van der Waals surface area (Å²) >= 11 is 6.54. The third-order valence-electron chi connectivity index (χ3n) is 0. The van der Waals surface area contributed by atoms with Crippen LogP contribution in [0.5, 0.6) is 0 Å². The molecule has 0 atom stereocenters. The standard InChI is InChI=1S/2H3O3PS.3S/c2*1-4(2,3)5;;;/h2*(H3,1,2,3,5);;;/q;;3*+2/p-6. The highest BCUT2D eigenvalue weighted by atomic mass is 32.5. The van der Waals surface area contributed by atoms with Crippen LogP contribution < -0.4 is 29.4 Å². The van der Waals surface area contributed by atoms with Gasteiger partial charge in [0.05, 0.1) is 0 Å². The van der Waals surface area contributed by atoms with E-state index in [4.69, 9.17) is 29.4 Å². The lowest BCUT2D eigenvalue weighted by Gasteiger charge is -2.43. The third-order valence-corrected chi connectivity index (χ3v) is 0. The summed E-state index contributed by atoms with van der Waals surface area (Å²) in [7, 11) is 0. The fourth-order valence-corrected chi connectivity index (χ4v) is 0. The van der Waals surface area contributed by atoms with Crippen LogP contribution in [0.3, 0.4) is 0 Å². The zero-order valence-corrected chi connectivity index (χ0v) is 11.3. The van der Waals surface area contributed by atoms with Gasteiger partial charge in [-0.25, -0.2) is 0 Å². The van der Waals surface area contributed by atoms with Crippen LogP contribution in [-0.4, -0.2) is 0 Å². The van der Waals surface area contributed by atoms with Crippen LogP contribution in [0, 0.1) is 0 Å². The molecule has 0 aliphatic carbocycles. The molecule has 0 heterocycles. The van der Waals surface area contributed by atoms with Gasteiger partial charge in [0.2, 0.25) is 0 Å². The first-order chi connectivity index (χ1) is 4.00. The molecule has 0 aromatic heterocycles. The van der Waals surface area contributed by atoms with Gasteiger partial charge in [-0.2, -0.15) is 23.6 Å². The summed E-state index contributed by atoms with van der Waals surface area (Å²) in [6.07, 6.45) is 0. The van der Waals surface area contributed by atoms with E-state index in [0.29, 0.717) is 0 Å². The van der Waals surface area contributed by atoms with E-state index in [1.165, 1.54) is 0 Å². The van der Waals surface area contributed by atoms with Crippen LogP contribution in [0.25, 0.3) is 0 Å². The maximum absolute atomic E-state index is 8.92. The number of hydrogen-bond donors (Lipinski definition) is 0. The van der Waals surface area contributed by atoms with Crippen molar-refractivity contribution >= 4 is 77.5 Å². The Balaban J connectivity index is -0.0000000267. The molecule has 13 heteroatoms. The average Bonchev–Trinajstić information content (AvgIpc) is 1.12. The van der Waals surface area contributed by atoms with Gasteiger partial charge in [0.1, 0.15) is 0 Å². The molecular weight excluding hydrogens is 318 g/mol. The Labute approximate surface area is 106 Å². The van der Waals surface area contributed by atoms with Crippen LogP contribution in [0.4, 0.5) is 0 Å². The molecule has 0 spiro atoms. The van der Waals surface area contributed by atoms with E-state index in [1.54, 1.807) is 0 Å². The predicted molar refractivity (Wildman–Crippen MR) is 50.7 cm³/mol. The Kier molecular flexibility index (Phi) is 27.6. The van der Waals surface area contributed by atoms with Crippen molar-refractivity contribution in [1.29, 1.82) is 0 Å². The molecule has 0 saturated heterocycles. The second-order valence-corrected chi connectivity index (χ2v) is 5.37. The minimum Gasteiger partial charge on any atom is -0.844 e. The zero-order chi connectivity index (χ0) is 9.00. The number of rotatable bonds is 0. The normalized spacial score (nSPS) is 9.08. The van der Waals surface area contributed by atoms with Crippen LogP contribution in [-0.2, 0) is 64.1 Å². The first kappa shape index (κ1) is 29.4. The smallest absolute Gasteiger partial charge is 0.844 e. The minimum absolute atomic E-state index is 0. The molecule has 0 aromatic rings. The van der Waals surface area contributed by atoms with Crippen molar-refractivity contribution in [1.82, 2.24) is 0 Å². The SMILES string of the molecule is [O-]P([O-])([O-])=S.[O-]P([O-])([O-])=S.[S+2].[S+2].[S+2]. The summed E-state index contributed by atoms with van der Waals surface area (Å²) in [6.45, 7) is -9.11. The van der Waals surface area contributed by atoms with Crippen molar-refractivity contribution in [3.63, 3.8) is 0 Å². The van der Waals surface area contributed by atoms with Crippen molar-refractivity contribution < 1.29 is 29.4 Å². The highest BCUT2D eigenvalue weighted by molar-refractivity contribution is 8.04. The summed E-state index contributed by atoms with van der Waals surface area (Å²) < 4.78 is 0. The van der Waals surface area contributed by atoms with Crippen LogP contribution in [0.1, 0.15) is 0 Å². The van der Waals surface area contributed by atoms with Gasteiger partial charge in [0.15, 0.2) is 0 Å². The molecule has 0 saturated carbocycles. The second kappa shape index (κ2) is 12.2. The molecule has 0 fully saturated rings. The highest BCUT2D eigenvalue weighted by Gasteiger charge is 2.00. The Hall–Kier alpha value is 2.11. The largest absolute Gasteiger partial charge is 2.00 e. The van der Waals surface area contributed by atoms with E-state index in [0.717, 1.165) is 0 Å². The average molecular weight is 318 g/mol. The molecule has 0 aromatic carbocycles. The molecule has 0 amide bonds. The van der Waals surface area contributed by atoms with Crippen molar-refractivity contribution in [2.75, 3.05) is 0 Å². The van der Waals surface area contributed by atoms with Gasteiger partial charge >= 0.3 is 40.5 Å². The molecule has 0 N–H and O–H groups in total. The Morgan fingerprint density at radius 3 is 0.538 bits per heavy atom. The monoisotopic (exact) mass is 318 g/mol. The molecule has 6 nitrogen and oxygen atoms in total. The van der Waals surface area contributed by atoms with E-state index < -0.39 is 13.4 Å². The van der Waals surface area contributed by atoms with E-state index in [9.17, 15) is 0 Å². The van der Waals surface area contributed by atoms with Crippen molar-refractivity contribution in [3.05, 3.63) is 0 Å². The van der Waals surface area contributed by atoms with Gasteiger partial charge in [-0.15, -0.1) is 0 Å². The summed E-state index contributed by atoms with van der Waals surface area (Å²) in [5.41, 5.74) is 0. The maximum atomic E-state index is 8.92. The van der Waals surface area contributed by atoms with Crippen LogP contribution in [0.2, 0.25) is 0 Å². The van der Waals surface area contributed by atoms with Crippen LogP contribution >= 0.6 is 13.4 Å². The molecule has 12 radical (unpaired) electrons. The number of hydrogen-bond acceptors (Lipinski definition) is 8. The Morgan fingerprint density at radius 2 is 0.538 bits per heavy atom. The summed E-state index contributed by atoms with van der Waals surface area (Å²) in [4.78, 5) is 53.5. The summed E-state index contributed by atoms with van der Waals surface area (Å²) in [5.74, 6) is 0. The van der Waals surface area contributed by atoms with Gasteiger partial charge in [-0.05, 0) is 0 Å². The van der Waals surface area contributed by atoms with Crippen LogP contribution in [0.15, 0.2) is 0 Å². The predicted octanol–water partition coefficient (Wildman–Crippen LogP) is -5.42. The van der Waals surface area contributed by atoms with Crippen molar-refractivity contribution in [2.45, 2.75) is 0 Å². The van der Waals surface area contributed by atoms with E-state index in [-0.39, 0.29) is 40.5 Å². The van der Waals surface area contributed by atoms with Gasteiger partial charge in [0.25, 0.3) is 0 Å². The zero-order valence-electron chi connectivity index (χ0n) is 5.39. The fourth-order valence-electron chi connectivity index (χ4n) is 0. The lowest BCUT2D eigenvalue weighted by atomic mass is 15.8. The van der Waals surface area contributed by atoms with E-state index in [2.05, 4.69) is 23.6 Å². The molecule has 76 valence electrons. The molecule has 13 heavy (non-hydrogen) atoms. The first-order valence-electron chi connectivity index (χ1n) is 1.46. The fraction of sp³-hybridized carbons (Fsp3) is 0. The van der Waals surface area contributed by atoms with Gasteiger partial charge in [0, 0.05) is 0 Å². The van der Waals surface area contributed by atoms with Gasteiger partial charge in [-0.3, -0.25) is 0 Å². The molecule has 0 aliphatic rings. The lowest BCUT2D eigenvalue weighted by Crippen LogP contribution is -2.23. The minimum atomic E-state index is -4.56. The summed E-state index contributed by atoms with van der Waals surface area (Å²) in [5, 5.41) is 0. The maximum Gasteiger partial charge on any atom is 2.00 e. The Bertz CT molecular complexity index is 131. The van der Waals surface area contributed by atoms with E-state index >= 15 is 0 Å². The molecule has 0 bridgehead atoms. The summed E-state index contributed by atoms with van der Waals surface area (Å²) in [6, 6.07) is 0. The third kappa shape index (κ3) is 465. The second-order valence-electron chi connectivity index (χ2n) is 0.894. The first-order valence-corrected chi connectivity index (χ1v) is 6.57. The highest BCUT2D eigenvalue weighted by Crippen LogP contribution is 2.04. The molecule has 0 rings (SSSR count). The quantitative estimate of drug-likeness (QED) is 0.403. The van der Waals surface area contributed by atoms with Gasteiger partial charge < -0.3 is 42.8 Å². The van der Waals surface area contributed by atoms with Crippen molar-refractivity contribution in [3.8, 4) is 0 Å². The van der Waals surface area contributed by atoms with Crippen molar-refractivity contribution in [2.24, 2.45) is 0 Å². The lowest BCUT2D eigenvalue weighted by molar-refractivity contribution is -0.413. The van der Waals surface area contributed by atoms with E-state index in [1.807, 2.05) is 0 Å². The Morgan fingerprint density at radius 1 is 0.538 bits per heavy atom. The topological polar surface area (TPSA) is 138 Å². The molecule has 0 unspecified atom stereocenters. The van der Waals surface area contributed by atoms with Gasteiger partial charge in [-0.1, -0.05) is 0 Å². The molecule has 0 aliphatic heterocycles.